The van der Waals surface area contributed by atoms with Crippen molar-refractivity contribution in [1.29, 1.82) is 0 Å². The lowest BCUT2D eigenvalue weighted by Crippen LogP contribution is -2.31. The van der Waals surface area contributed by atoms with Crippen molar-refractivity contribution in [1.82, 2.24) is 4.57 Å². The van der Waals surface area contributed by atoms with Crippen LogP contribution in [0.4, 0.5) is 0 Å². The van der Waals surface area contributed by atoms with Crippen LogP contribution in [0.5, 0.6) is 34.5 Å². The Bertz CT molecular complexity index is 1370. The zero-order valence-electron chi connectivity index (χ0n) is 34.9. The fourth-order valence-electron chi connectivity index (χ4n) is 5.45. The first-order valence-corrected chi connectivity index (χ1v) is 20.3. The second-order valence-electron chi connectivity index (χ2n) is 12.7. The topological polar surface area (TPSA) is 241 Å². The van der Waals surface area contributed by atoms with Gasteiger partial charge in [0.25, 0.3) is 0 Å². The predicted molar refractivity (Wildman–Crippen MR) is 216 cm³/mol. The number of hydrogen-bond donors (Lipinski definition) is 6. The quantitative estimate of drug-likeness (QED) is 0.0303. The molecule has 0 aliphatic rings. The number of nitrogens with zero attached hydrogens (tertiary/aromatic N) is 2. The minimum atomic E-state index is -0.112. The standard InChI is InChI=1S/C41H65N2O18/c44-3-9-50-15-21-56-36-27-34(28-37(57-22-16-51-10-4-45)40(36)60-25-19-54-13-7-48)31-42-1-2-43(33-42)32-35-29-38(58-23-17-52-11-5-46)41(61-26-20-55-14-8-49)39(30-35)59-24-18-53-12-6-47/h1-2,27-30,33,44-49H,3-26,31-32H2/q+1. The number of imidazole rings is 1. The van der Waals surface area contributed by atoms with Gasteiger partial charge in [0.1, 0.15) is 65.1 Å². The molecule has 0 spiro atoms. The highest BCUT2D eigenvalue weighted by molar-refractivity contribution is 5.55. The Hall–Kier alpha value is -4.03. The molecule has 20 heteroatoms. The van der Waals surface area contributed by atoms with Gasteiger partial charge in [0, 0.05) is 11.1 Å². The average Bonchev–Trinajstić information content (AvgIpc) is 3.70. The maximum Gasteiger partial charge on any atom is 0.244 e. The van der Waals surface area contributed by atoms with E-state index in [1.54, 1.807) is 0 Å². The van der Waals surface area contributed by atoms with E-state index in [1.165, 1.54) is 0 Å². The molecule has 0 saturated carbocycles. The minimum Gasteiger partial charge on any atom is -0.487 e. The lowest BCUT2D eigenvalue weighted by atomic mass is 10.1. The van der Waals surface area contributed by atoms with Gasteiger partial charge in [0.05, 0.1) is 119 Å². The van der Waals surface area contributed by atoms with E-state index in [1.807, 2.05) is 52.1 Å². The molecule has 6 N–H and O–H groups in total. The summed E-state index contributed by atoms with van der Waals surface area (Å²) >= 11 is 0. The zero-order valence-corrected chi connectivity index (χ0v) is 34.9. The van der Waals surface area contributed by atoms with Crippen LogP contribution in [0.15, 0.2) is 43.0 Å². The van der Waals surface area contributed by atoms with Crippen LogP contribution in [0.3, 0.4) is 0 Å². The summed E-state index contributed by atoms with van der Waals surface area (Å²) < 4.78 is 73.0. The van der Waals surface area contributed by atoms with E-state index in [9.17, 15) is 0 Å². The summed E-state index contributed by atoms with van der Waals surface area (Å²) in [6.07, 6.45) is 5.78. The van der Waals surface area contributed by atoms with Gasteiger partial charge in [-0.3, -0.25) is 0 Å². The van der Waals surface area contributed by atoms with E-state index in [4.69, 9.17) is 87.5 Å². The van der Waals surface area contributed by atoms with Gasteiger partial charge < -0.3 is 87.5 Å². The molecule has 0 atom stereocenters. The Kier molecular flexibility index (Phi) is 28.3. The molecule has 0 aliphatic heterocycles. The highest BCUT2D eigenvalue weighted by Crippen LogP contribution is 2.40. The summed E-state index contributed by atoms with van der Waals surface area (Å²) in [5.41, 5.74) is 1.65. The highest BCUT2D eigenvalue weighted by Gasteiger charge is 2.20. The van der Waals surface area contributed by atoms with Gasteiger partial charge in [0.2, 0.25) is 17.8 Å². The normalized spacial score (nSPS) is 11.2. The van der Waals surface area contributed by atoms with Gasteiger partial charge in [-0.1, -0.05) is 0 Å². The number of aliphatic hydroxyl groups is 6. The Balaban J connectivity index is 1.89. The summed E-state index contributed by atoms with van der Waals surface area (Å²) in [5, 5.41) is 54.6. The van der Waals surface area contributed by atoms with Crippen molar-refractivity contribution < 1.29 is 92.0 Å². The van der Waals surface area contributed by atoms with Crippen LogP contribution in [0.2, 0.25) is 0 Å². The second-order valence-corrected chi connectivity index (χ2v) is 12.7. The first-order valence-electron chi connectivity index (χ1n) is 20.3. The Morgan fingerprint density at radius 1 is 0.377 bits per heavy atom. The molecule has 3 rings (SSSR count). The van der Waals surface area contributed by atoms with Crippen LogP contribution in [0, 0.1) is 0 Å². The van der Waals surface area contributed by atoms with Crippen molar-refractivity contribution in [3.8, 4) is 34.5 Å². The molecule has 1 aromatic heterocycles. The molecular weight excluding hydrogens is 808 g/mol. The lowest BCUT2D eigenvalue weighted by Gasteiger charge is -2.19. The van der Waals surface area contributed by atoms with Crippen LogP contribution in [-0.4, -0.2) is 194 Å². The first kappa shape index (κ1) is 51.3. The van der Waals surface area contributed by atoms with Crippen molar-refractivity contribution in [2.45, 2.75) is 13.1 Å². The molecule has 0 fully saturated rings. The van der Waals surface area contributed by atoms with Crippen LogP contribution < -0.4 is 33.0 Å². The lowest BCUT2D eigenvalue weighted by molar-refractivity contribution is -0.687. The molecule has 0 radical (unpaired) electrons. The Labute approximate surface area is 356 Å². The van der Waals surface area contributed by atoms with Gasteiger partial charge in [-0.2, -0.15) is 0 Å². The molecular formula is C41H65N2O18+. The van der Waals surface area contributed by atoms with E-state index in [0.717, 1.165) is 11.1 Å². The number of aliphatic hydroxyl groups excluding tert-OH is 6. The maximum atomic E-state index is 9.11. The summed E-state index contributed by atoms with van der Waals surface area (Å²) in [4.78, 5) is 0. The SMILES string of the molecule is OCCOCCOc1cc(Cn2cc[n+](Cc3cc(OCCOCCO)c(OCCOCCO)c(OCCOCCO)c3)c2)cc(OCCOCCO)c1OCCOCCO. The van der Waals surface area contributed by atoms with Crippen molar-refractivity contribution in [2.24, 2.45) is 0 Å². The third kappa shape index (κ3) is 21.6. The largest absolute Gasteiger partial charge is 0.487 e. The molecule has 1 heterocycles. The van der Waals surface area contributed by atoms with Crippen LogP contribution in [0.25, 0.3) is 0 Å². The molecule has 0 amide bonds. The summed E-state index contributed by atoms with van der Waals surface area (Å²) in [6, 6.07) is 7.41. The van der Waals surface area contributed by atoms with Crippen molar-refractivity contribution >= 4 is 0 Å². The number of benzene rings is 2. The molecule has 2 aromatic carbocycles. The molecule has 20 nitrogen and oxygen atoms in total. The third-order valence-corrected chi connectivity index (χ3v) is 7.94. The van der Waals surface area contributed by atoms with E-state index in [-0.39, 0.29) is 159 Å². The van der Waals surface area contributed by atoms with Crippen molar-refractivity contribution in [3.05, 3.63) is 54.1 Å². The summed E-state index contributed by atoms with van der Waals surface area (Å²) in [7, 11) is 0. The first-order chi connectivity index (χ1) is 30.1. The third-order valence-electron chi connectivity index (χ3n) is 7.94. The predicted octanol–water partition coefficient (Wildman–Crippen LogP) is -0.802. The van der Waals surface area contributed by atoms with E-state index < -0.39 is 0 Å². The van der Waals surface area contributed by atoms with Crippen LogP contribution in [-0.2, 0) is 41.5 Å². The number of ether oxygens (including phenoxy) is 12. The molecule has 0 saturated heterocycles. The van der Waals surface area contributed by atoms with Crippen LogP contribution >= 0.6 is 0 Å². The highest BCUT2D eigenvalue weighted by atomic mass is 16.6. The summed E-state index contributed by atoms with van der Waals surface area (Å²) in [6.45, 7) is 3.58. The minimum absolute atomic E-state index is 0.111. The number of aromatic nitrogens is 2. The van der Waals surface area contributed by atoms with Gasteiger partial charge >= 0.3 is 0 Å². The Morgan fingerprint density at radius 3 is 1.02 bits per heavy atom. The number of hydrogen-bond acceptors (Lipinski definition) is 18. The molecule has 0 aliphatic carbocycles. The monoisotopic (exact) mass is 873 g/mol. The van der Waals surface area contributed by atoms with Gasteiger partial charge in [0.15, 0.2) is 23.0 Å². The fourth-order valence-corrected chi connectivity index (χ4v) is 5.45. The Morgan fingerprint density at radius 2 is 0.689 bits per heavy atom. The van der Waals surface area contributed by atoms with Crippen molar-refractivity contribution in [2.75, 3.05) is 159 Å². The molecule has 346 valence electrons. The fraction of sp³-hybridized carbons (Fsp3) is 0.634. The molecule has 3 aromatic rings. The molecule has 0 unspecified atom stereocenters. The summed E-state index contributed by atoms with van der Waals surface area (Å²) in [5.74, 6) is 2.33. The maximum absolute atomic E-state index is 9.11. The van der Waals surface area contributed by atoms with Crippen LogP contribution in [0.1, 0.15) is 11.1 Å². The number of rotatable bonds is 40. The smallest absolute Gasteiger partial charge is 0.244 e. The van der Waals surface area contributed by atoms with E-state index in [0.29, 0.717) is 47.6 Å². The molecule has 61 heavy (non-hydrogen) atoms. The van der Waals surface area contributed by atoms with Gasteiger partial charge in [-0.15, -0.1) is 0 Å². The van der Waals surface area contributed by atoms with Gasteiger partial charge in [-0.05, 0) is 24.3 Å². The second kappa shape index (κ2) is 33.6. The van der Waals surface area contributed by atoms with Crippen molar-refractivity contribution in [3.63, 3.8) is 0 Å². The van der Waals surface area contributed by atoms with E-state index >= 15 is 0 Å². The average molecular weight is 874 g/mol. The van der Waals surface area contributed by atoms with Gasteiger partial charge in [-0.25, -0.2) is 9.13 Å². The zero-order chi connectivity index (χ0) is 43.6. The van der Waals surface area contributed by atoms with E-state index in [2.05, 4.69) is 0 Å². The molecule has 0 bridgehead atoms.